The summed E-state index contributed by atoms with van der Waals surface area (Å²) in [4.78, 5) is 11.8. The van der Waals surface area contributed by atoms with Gasteiger partial charge in [-0.2, -0.15) is 18.4 Å². The zero-order valence-electron chi connectivity index (χ0n) is 11.7. The third kappa shape index (κ3) is 3.78. The van der Waals surface area contributed by atoms with E-state index in [-0.39, 0.29) is 5.56 Å². The Labute approximate surface area is 132 Å². The maximum atomic E-state index is 13.4. The number of alkyl halides is 3. The molecule has 0 saturated heterocycles. The van der Waals surface area contributed by atoms with Crippen molar-refractivity contribution in [3.8, 4) is 6.07 Å². The van der Waals surface area contributed by atoms with Crippen LogP contribution in [0.1, 0.15) is 21.5 Å². The molecule has 0 aromatic heterocycles. The van der Waals surface area contributed by atoms with Crippen LogP contribution in [0.25, 0.3) is 0 Å². The van der Waals surface area contributed by atoms with E-state index in [1.165, 1.54) is 0 Å². The van der Waals surface area contributed by atoms with Crippen LogP contribution in [0.4, 0.5) is 27.6 Å². The second-order valence-corrected chi connectivity index (χ2v) is 4.57. The monoisotopic (exact) mass is 341 g/mol. The van der Waals surface area contributed by atoms with Gasteiger partial charge in [-0.15, -0.1) is 0 Å². The number of hydrazine groups is 1. The van der Waals surface area contributed by atoms with Gasteiger partial charge in [-0.05, 0) is 36.4 Å². The lowest BCUT2D eigenvalue weighted by atomic mass is 10.1. The minimum Gasteiger partial charge on any atom is -0.298 e. The molecule has 2 aromatic carbocycles. The number of carbonyl (C=O) groups excluding carboxylic acids is 1. The first-order chi connectivity index (χ1) is 11.2. The first-order valence-electron chi connectivity index (χ1n) is 6.35. The Morgan fingerprint density at radius 2 is 1.79 bits per heavy atom. The first-order valence-corrected chi connectivity index (χ1v) is 6.35. The van der Waals surface area contributed by atoms with Crippen LogP contribution in [0.2, 0.25) is 0 Å². The average Bonchev–Trinajstić information content (AvgIpc) is 2.53. The number of carbonyl (C=O) groups is 1. The standard InChI is InChI=1S/C15H8F5N3O/c16-9-2-3-12(17)10(6-9)14(24)23-22-13-4-1-8(7-21)5-11(13)15(18,19)20/h1-6,22H,(H,23,24). The predicted molar refractivity (Wildman–Crippen MR) is 73.6 cm³/mol. The molecule has 124 valence electrons. The molecule has 0 radical (unpaired) electrons. The summed E-state index contributed by atoms with van der Waals surface area (Å²) in [5, 5.41) is 8.66. The van der Waals surface area contributed by atoms with E-state index in [1.807, 2.05) is 10.9 Å². The lowest BCUT2D eigenvalue weighted by Gasteiger charge is -2.15. The molecule has 0 bridgehead atoms. The summed E-state index contributed by atoms with van der Waals surface area (Å²) in [7, 11) is 0. The minimum absolute atomic E-state index is 0.227. The molecular weight excluding hydrogens is 333 g/mol. The summed E-state index contributed by atoms with van der Waals surface area (Å²) < 4.78 is 65.3. The van der Waals surface area contributed by atoms with Crippen LogP contribution in [-0.4, -0.2) is 5.91 Å². The van der Waals surface area contributed by atoms with E-state index in [0.29, 0.717) is 18.2 Å². The number of hydrogen-bond donors (Lipinski definition) is 2. The third-order valence-electron chi connectivity index (χ3n) is 2.94. The fourth-order valence-corrected chi connectivity index (χ4v) is 1.82. The maximum absolute atomic E-state index is 13.4. The summed E-state index contributed by atoms with van der Waals surface area (Å²) in [5.74, 6) is -3.08. The van der Waals surface area contributed by atoms with Crippen LogP contribution in [0.3, 0.4) is 0 Å². The van der Waals surface area contributed by atoms with Gasteiger partial charge in [-0.1, -0.05) is 0 Å². The zero-order chi connectivity index (χ0) is 17.9. The fourth-order valence-electron chi connectivity index (χ4n) is 1.82. The van der Waals surface area contributed by atoms with Crippen LogP contribution < -0.4 is 10.9 Å². The molecule has 0 unspecified atom stereocenters. The van der Waals surface area contributed by atoms with Crippen LogP contribution in [0, 0.1) is 23.0 Å². The van der Waals surface area contributed by atoms with E-state index in [4.69, 9.17) is 5.26 Å². The first kappa shape index (κ1) is 17.2. The van der Waals surface area contributed by atoms with E-state index in [1.54, 1.807) is 6.07 Å². The molecule has 9 heteroatoms. The van der Waals surface area contributed by atoms with E-state index >= 15 is 0 Å². The van der Waals surface area contributed by atoms with Crippen molar-refractivity contribution in [2.24, 2.45) is 0 Å². The minimum atomic E-state index is -4.79. The van der Waals surface area contributed by atoms with Crippen molar-refractivity contribution in [1.82, 2.24) is 5.43 Å². The lowest BCUT2D eigenvalue weighted by Crippen LogP contribution is -2.31. The van der Waals surface area contributed by atoms with E-state index in [9.17, 15) is 26.7 Å². The molecule has 2 aromatic rings. The van der Waals surface area contributed by atoms with Gasteiger partial charge in [-0.25, -0.2) is 8.78 Å². The van der Waals surface area contributed by atoms with Gasteiger partial charge < -0.3 is 0 Å². The highest BCUT2D eigenvalue weighted by Gasteiger charge is 2.34. The number of halogens is 5. The molecule has 1 amide bonds. The van der Waals surface area contributed by atoms with Crippen molar-refractivity contribution < 1.29 is 26.7 Å². The van der Waals surface area contributed by atoms with Crippen molar-refractivity contribution in [1.29, 1.82) is 5.26 Å². The molecular formula is C15H8F5N3O. The molecule has 0 aliphatic carbocycles. The molecule has 0 fully saturated rings. The van der Waals surface area contributed by atoms with Gasteiger partial charge in [0.25, 0.3) is 5.91 Å². The van der Waals surface area contributed by atoms with Crippen LogP contribution in [0.15, 0.2) is 36.4 Å². The molecule has 0 spiro atoms. The molecule has 0 heterocycles. The van der Waals surface area contributed by atoms with Gasteiger partial charge in [0.2, 0.25) is 0 Å². The average molecular weight is 341 g/mol. The molecule has 0 saturated carbocycles. The highest BCUT2D eigenvalue weighted by Crippen LogP contribution is 2.35. The Bertz CT molecular complexity index is 827. The number of rotatable bonds is 3. The number of nitrogens with one attached hydrogen (secondary N) is 2. The van der Waals surface area contributed by atoms with Crippen LogP contribution >= 0.6 is 0 Å². The predicted octanol–water partition coefficient (Wildman–Crippen LogP) is 3.61. The second-order valence-electron chi connectivity index (χ2n) is 4.57. The molecule has 2 rings (SSSR count). The van der Waals surface area contributed by atoms with Crippen molar-refractivity contribution in [2.75, 3.05) is 5.43 Å². The molecule has 4 nitrogen and oxygen atoms in total. The number of amides is 1. The van der Waals surface area contributed by atoms with Gasteiger partial charge in [0.1, 0.15) is 11.6 Å². The Kier molecular flexibility index (Phi) is 4.69. The lowest BCUT2D eigenvalue weighted by molar-refractivity contribution is -0.137. The number of nitriles is 1. The third-order valence-corrected chi connectivity index (χ3v) is 2.94. The molecule has 0 atom stereocenters. The Morgan fingerprint density at radius 1 is 1.08 bits per heavy atom. The van der Waals surface area contributed by atoms with Gasteiger partial charge in [-0.3, -0.25) is 15.6 Å². The Morgan fingerprint density at radius 3 is 2.42 bits per heavy atom. The fraction of sp³-hybridized carbons (Fsp3) is 0.0667. The van der Waals surface area contributed by atoms with Crippen molar-refractivity contribution in [3.05, 3.63) is 64.7 Å². The summed E-state index contributed by atoms with van der Waals surface area (Å²) in [6.45, 7) is 0. The van der Waals surface area contributed by atoms with E-state index in [0.717, 1.165) is 18.2 Å². The van der Waals surface area contributed by atoms with Crippen molar-refractivity contribution in [2.45, 2.75) is 6.18 Å². The largest absolute Gasteiger partial charge is 0.418 e. The van der Waals surface area contributed by atoms with Crippen molar-refractivity contribution in [3.63, 3.8) is 0 Å². The van der Waals surface area contributed by atoms with Gasteiger partial charge in [0.05, 0.1) is 28.4 Å². The molecule has 0 aliphatic heterocycles. The number of nitrogens with zero attached hydrogens (tertiary/aromatic N) is 1. The highest BCUT2D eigenvalue weighted by molar-refractivity contribution is 5.95. The van der Waals surface area contributed by atoms with Gasteiger partial charge >= 0.3 is 6.18 Å². The highest BCUT2D eigenvalue weighted by atomic mass is 19.4. The SMILES string of the molecule is N#Cc1ccc(NNC(=O)c2cc(F)ccc2F)c(C(F)(F)F)c1. The van der Waals surface area contributed by atoms with Crippen molar-refractivity contribution >= 4 is 11.6 Å². The van der Waals surface area contributed by atoms with Gasteiger partial charge in [0.15, 0.2) is 0 Å². The molecule has 2 N–H and O–H groups in total. The summed E-state index contributed by atoms with van der Waals surface area (Å²) in [6.07, 6.45) is -4.79. The number of hydrogen-bond acceptors (Lipinski definition) is 3. The van der Waals surface area contributed by atoms with E-state index < -0.39 is 40.5 Å². The number of benzene rings is 2. The molecule has 0 aliphatic rings. The van der Waals surface area contributed by atoms with E-state index in [2.05, 4.69) is 0 Å². The smallest absolute Gasteiger partial charge is 0.298 e. The number of anilines is 1. The zero-order valence-corrected chi connectivity index (χ0v) is 11.7. The quantitative estimate of drug-likeness (QED) is 0.662. The maximum Gasteiger partial charge on any atom is 0.418 e. The second kappa shape index (κ2) is 6.54. The Balaban J connectivity index is 2.25. The normalized spacial score (nSPS) is 10.8. The van der Waals surface area contributed by atoms with Crippen LogP contribution in [0.5, 0.6) is 0 Å². The molecule has 24 heavy (non-hydrogen) atoms. The Hall–Kier alpha value is -3.15. The summed E-state index contributed by atoms with van der Waals surface area (Å²) in [5.41, 5.74) is 1.21. The summed E-state index contributed by atoms with van der Waals surface area (Å²) >= 11 is 0. The summed E-state index contributed by atoms with van der Waals surface area (Å²) in [6, 6.07) is 6.31. The van der Waals surface area contributed by atoms with Crippen LogP contribution in [-0.2, 0) is 6.18 Å². The van der Waals surface area contributed by atoms with Gasteiger partial charge in [0, 0.05) is 0 Å². The topological polar surface area (TPSA) is 64.9 Å².